The maximum atomic E-state index is 12.2. The number of hydrogen-bond acceptors (Lipinski definition) is 1. The van der Waals surface area contributed by atoms with Gasteiger partial charge in [-0.25, -0.2) is 4.79 Å². The summed E-state index contributed by atoms with van der Waals surface area (Å²) < 4.78 is 0. The highest BCUT2D eigenvalue weighted by atomic mass is 35.5. The van der Waals surface area contributed by atoms with Crippen molar-refractivity contribution < 1.29 is 4.79 Å². The van der Waals surface area contributed by atoms with Crippen LogP contribution in [0.4, 0.5) is 10.5 Å². The van der Waals surface area contributed by atoms with Crippen LogP contribution in [0, 0.1) is 0 Å². The van der Waals surface area contributed by atoms with Gasteiger partial charge in [-0.3, -0.25) is 0 Å². The second-order valence-electron chi connectivity index (χ2n) is 5.37. The van der Waals surface area contributed by atoms with Crippen LogP contribution in [0.1, 0.15) is 30.0 Å². The Morgan fingerprint density at radius 2 is 1.91 bits per heavy atom. The lowest BCUT2D eigenvalue weighted by molar-refractivity contribution is 0.247. The summed E-state index contributed by atoms with van der Waals surface area (Å²) >= 11 is 11.8. The minimum atomic E-state index is -0.236. The third-order valence-corrected chi connectivity index (χ3v) is 4.59. The molecule has 3 nitrogen and oxygen atoms in total. The molecule has 0 aliphatic heterocycles. The molecule has 1 aliphatic rings. The fraction of sp³-hybridized carbons (Fsp3) is 0.235. The van der Waals surface area contributed by atoms with E-state index in [0.29, 0.717) is 15.7 Å². The van der Waals surface area contributed by atoms with Crippen molar-refractivity contribution in [2.24, 2.45) is 0 Å². The van der Waals surface area contributed by atoms with E-state index in [4.69, 9.17) is 23.2 Å². The molecule has 0 radical (unpaired) electrons. The first kappa shape index (κ1) is 15.2. The molecule has 0 aromatic heterocycles. The Balaban J connectivity index is 1.69. The number of urea groups is 1. The summed E-state index contributed by atoms with van der Waals surface area (Å²) in [6.45, 7) is 0. The van der Waals surface area contributed by atoms with Crippen molar-refractivity contribution in [2.45, 2.75) is 25.3 Å². The molecule has 1 aliphatic carbocycles. The number of fused-ring (bicyclic) bond motifs is 1. The summed E-state index contributed by atoms with van der Waals surface area (Å²) in [6.07, 6.45) is 3.10. The molecule has 5 heteroatoms. The van der Waals surface area contributed by atoms with Gasteiger partial charge < -0.3 is 10.6 Å². The molecule has 0 bridgehead atoms. The lowest BCUT2D eigenvalue weighted by Gasteiger charge is -2.26. The Morgan fingerprint density at radius 1 is 1.09 bits per heavy atom. The van der Waals surface area contributed by atoms with Crippen LogP contribution in [-0.2, 0) is 6.42 Å². The number of rotatable bonds is 2. The highest BCUT2D eigenvalue weighted by Crippen LogP contribution is 2.29. The van der Waals surface area contributed by atoms with Gasteiger partial charge in [0.1, 0.15) is 0 Å². The van der Waals surface area contributed by atoms with E-state index in [1.54, 1.807) is 18.2 Å². The first-order chi connectivity index (χ1) is 10.6. The number of carbonyl (C=O) groups excluding carboxylic acids is 1. The zero-order valence-electron chi connectivity index (χ0n) is 11.9. The molecule has 2 aromatic carbocycles. The van der Waals surface area contributed by atoms with Crippen molar-refractivity contribution >= 4 is 34.9 Å². The lowest BCUT2D eigenvalue weighted by Crippen LogP contribution is -2.34. The number of amides is 2. The fourth-order valence-electron chi connectivity index (χ4n) is 2.80. The molecule has 22 heavy (non-hydrogen) atoms. The van der Waals surface area contributed by atoms with Gasteiger partial charge in [-0.2, -0.15) is 0 Å². The molecule has 0 saturated heterocycles. The first-order valence-corrected chi connectivity index (χ1v) is 7.99. The molecule has 0 heterocycles. The number of aryl methyl sites for hydroxylation is 1. The quantitative estimate of drug-likeness (QED) is 0.779. The highest BCUT2D eigenvalue weighted by Gasteiger charge is 2.21. The van der Waals surface area contributed by atoms with Crippen molar-refractivity contribution in [2.75, 3.05) is 5.32 Å². The van der Waals surface area contributed by atoms with E-state index in [9.17, 15) is 4.79 Å². The smallest absolute Gasteiger partial charge is 0.319 e. The van der Waals surface area contributed by atoms with Gasteiger partial charge in [-0.15, -0.1) is 0 Å². The molecular formula is C17H16Cl2N2O. The Morgan fingerprint density at radius 3 is 2.73 bits per heavy atom. The van der Waals surface area contributed by atoms with Crippen LogP contribution < -0.4 is 10.6 Å². The largest absolute Gasteiger partial charge is 0.331 e. The standard InChI is InChI=1S/C17H16Cl2N2O/c18-14-9-8-12(10-15(14)19)20-17(22)21-16-7-3-5-11-4-1-2-6-13(11)16/h1-2,4,6,8-10,16H,3,5,7H2,(H2,20,21,22)/t16-/m0/s1. The maximum absolute atomic E-state index is 12.2. The minimum Gasteiger partial charge on any atom is -0.331 e. The third kappa shape index (κ3) is 3.37. The Hall–Kier alpha value is -1.71. The number of halogens is 2. The zero-order valence-corrected chi connectivity index (χ0v) is 13.4. The first-order valence-electron chi connectivity index (χ1n) is 7.24. The monoisotopic (exact) mass is 334 g/mol. The third-order valence-electron chi connectivity index (χ3n) is 3.85. The predicted octanol–water partition coefficient (Wildman–Crippen LogP) is 5.19. The number of anilines is 1. The van der Waals surface area contributed by atoms with Gasteiger partial charge >= 0.3 is 6.03 Å². The summed E-state index contributed by atoms with van der Waals surface area (Å²) in [5.74, 6) is 0. The van der Waals surface area contributed by atoms with Crippen LogP contribution in [0.25, 0.3) is 0 Å². The van der Waals surface area contributed by atoms with E-state index in [-0.39, 0.29) is 12.1 Å². The van der Waals surface area contributed by atoms with Crippen LogP contribution in [0.3, 0.4) is 0 Å². The van der Waals surface area contributed by atoms with Crippen LogP contribution in [0.2, 0.25) is 10.0 Å². The molecule has 0 fully saturated rings. The van der Waals surface area contributed by atoms with Crippen molar-refractivity contribution in [1.82, 2.24) is 5.32 Å². The van der Waals surface area contributed by atoms with Crippen LogP contribution in [0.15, 0.2) is 42.5 Å². The van der Waals surface area contributed by atoms with Gasteiger partial charge in [-0.1, -0.05) is 47.5 Å². The lowest BCUT2D eigenvalue weighted by atomic mass is 9.88. The molecule has 0 spiro atoms. The van der Waals surface area contributed by atoms with Crippen molar-refractivity contribution in [3.8, 4) is 0 Å². The Kier molecular flexibility index (Phi) is 4.55. The molecule has 1 atom stereocenters. The minimum absolute atomic E-state index is 0.0488. The second kappa shape index (κ2) is 6.59. The number of benzene rings is 2. The second-order valence-corrected chi connectivity index (χ2v) is 6.19. The molecule has 2 N–H and O–H groups in total. The highest BCUT2D eigenvalue weighted by molar-refractivity contribution is 6.42. The van der Waals surface area contributed by atoms with E-state index in [0.717, 1.165) is 19.3 Å². The topological polar surface area (TPSA) is 41.1 Å². The van der Waals surface area contributed by atoms with Gasteiger partial charge in [0.15, 0.2) is 0 Å². The fourth-order valence-corrected chi connectivity index (χ4v) is 3.10. The average molecular weight is 335 g/mol. The van der Waals surface area contributed by atoms with E-state index in [1.807, 2.05) is 12.1 Å². The van der Waals surface area contributed by atoms with Gasteiger partial charge in [0.05, 0.1) is 16.1 Å². The van der Waals surface area contributed by atoms with Gasteiger partial charge in [0, 0.05) is 5.69 Å². The van der Waals surface area contributed by atoms with E-state index in [2.05, 4.69) is 22.8 Å². The van der Waals surface area contributed by atoms with Crippen LogP contribution in [-0.4, -0.2) is 6.03 Å². The van der Waals surface area contributed by atoms with Gasteiger partial charge in [-0.05, 0) is 48.6 Å². The summed E-state index contributed by atoms with van der Waals surface area (Å²) in [6, 6.07) is 13.1. The summed E-state index contributed by atoms with van der Waals surface area (Å²) in [7, 11) is 0. The molecule has 0 saturated carbocycles. The molecule has 2 aromatic rings. The predicted molar refractivity (Wildman–Crippen MR) is 90.7 cm³/mol. The molecule has 0 unspecified atom stereocenters. The van der Waals surface area contributed by atoms with Crippen molar-refractivity contribution in [3.63, 3.8) is 0 Å². The average Bonchev–Trinajstić information content (AvgIpc) is 2.51. The Bertz CT molecular complexity index is 703. The van der Waals surface area contributed by atoms with Crippen molar-refractivity contribution in [3.05, 3.63) is 63.6 Å². The zero-order chi connectivity index (χ0) is 15.5. The summed E-state index contributed by atoms with van der Waals surface area (Å²) in [5.41, 5.74) is 3.14. The summed E-state index contributed by atoms with van der Waals surface area (Å²) in [5, 5.41) is 6.71. The molecular weight excluding hydrogens is 319 g/mol. The molecule has 2 amide bonds. The normalized spacial score (nSPS) is 16.7. The molecule has 3 rings (SSSR count). The molecule has 114 valence electrons. The van der Waals surface area contributed by atoms with Gasteiger partial charge in [0.2, 0.25) is 0 Å². The Labute approximate surface area is 139 Å². The number of nitrogens with one attached hydrogen (secondary N) is 2. The van der Waals surface area contributed by atoms with E-state index >= 15 is 0 Å². The number of carbonyl (C=O) groups is 1. The SMILES string of the molecule is O=C(Nc1ccc(Cl)c(Cl)c1)N[C@H]1CCCc2ccccc21. The van der Waals surface area contributed by atoms with Crippen LogP contribution >= 0.6 is 23.2 Å². The maximum Gasteiger partial charge on any atom is 0.319 e. The van der Waals surface area contributed by atoms with Gasteiger partial charge in [0.25, 0.3) is 0 Å². The summed E-state index contributed by atoms with van der Waals surface area (Å²) in [4.78, 5) is 12.2. The van der Waals surface area contributed by atoms with E-state index < -0.39 is 0 Å². The number of hydrogen-bond donors (Lipinski definition) is 2. The van der Waals surface area contributed by atoms with Crippen molar-refractivity contribution in [1.29, 1.82) is 0 Å². The van der Waals surface area contributed by atoms with Crippen LogP contribution in [0.5, 0.6) is 0 Å². The van der Waals surface area contributed by atoms with E-state index in [1.165, 1.54) is 11.1 Å².